The van der Waals surface area contributed by atoms with Crippen molar-refractivity contribution >= 4 is 29.2 Å². The van der Waals surface area contributed by atoms with Crippen LogP contribution in [0.3, 0.4) is 0 Å². The van der Waals surface area contributed by atoms with Gasteiger partial charge in [-0.15, -0.1) is 0 Å². The number of amides is 3. The number of aliphatic hydroxyl groups excluding tert-OH is 1. The summed E-state index contributed by atoms with van der Waals surface area (Å²) in [7, 11) is 0. The van der Waals surface area contributed by atoms with E-state index in [4.69, 9.17) is 0 Å². The van der Waals surface area contributed by atoms with Gasteiger partial charge in [-0.2, -0.15) is 10.3 Å². The highest BCUT2D eigenvalue weighted by Crippen LogP contribution is 2.60. The van der Waals surface area contributed by atoms with Crippen molar-refractivity contribution in [1.82, 2.24) is 10.4 Å². The number of nitro benzene ring substituents is 1. The number of carbonyl (C=O) groups excluding carboxylic acids is 3. The fourth-order valence-electron chi connectivity index (χ4n) is 6.04. The summed E-state index contributed by atoms with van der Waals surface area (Å²) in [6, 6.07) is 21.6. The number of carbonyl (C=O) groups is 3. The fourth-order valence-corrected chi connectivity index (χ4v) is 6.04. The maximum Gasteiger partial charge on any atom is 0.284 e. The van der Waals surface area contributed by atoms with Gasteiger partial charge in [0.05, 0.1) is 16.8 Å². The van der Waals surface area contributed by atoms with Crippen molar-refractivity contribution in [2.24, 2.45) is 11.8 Å². The number of imide groups is 1. The third kappa shape index (κ3) is 3.15. The largest absolute Gasteiger partial charge is 0.506 e. The molecule has 1 heterocycles. The van der Waals surface area contributed by atoms with Crippen LogP contribution in [0.5, 0.6) is 0 Å². The van der Waals surface area contributed by atoms with Gasteiger partial charge in [0.2, 0.25) is 0 Å². The van der Waals surface area contributed by atoms with Crippen molar-refractivity contribution < 1.29 is 24.4 Å². The molecule has 2 atom stereocenters. The van der Waals surface area contributed by atoms with Crippen molar-refractivity contribution in [3.05, 3.63) is 116 Å². The monoisotopic (exact) mass is 506 g/mol. The van der Waals surface area contributed by atoms with E-state index < -0.39 is 45.8 Å². The molecule has 186 valence electrons. The minimum Gasteiger partial charge on any atom is -0.506 e. The molecule has 1 saturated heterocycles. The Morgan fingerprint density at radius 1 is 0.868 bits per heavy atom. The molecule has 1 aliphatic heterocycles. The molecule has 0 aromatic heterocycles. The van der Waals surface area contributed by atoms with Crippen molar-refractivity contribution in [3.63, 3.8) is 0 Å². The van der Waals surface area contributed by atoms with Crippen LogP contribution in [0.2, 0.25) is 0 Å². The number of aliphatic hydroxyl groups is 1. The Balaban J connectivity index is 1.34. The van der Waals surface area contributed by atoms with Crippen LogP contribution < -0.4 is 5.43 Å². The molecule has 3 aromatic rings. The summed E-state index contributed by atoms with van der Waals surface area (Å²) in [5.74, 6) is -5.24. The van der Waals surface area contributed by atoms with Gasteiger partial charge in [0, 0.05) is 29.5 Å². The first-order chi connectivity index (χ1) is 18.3. The normalized spacial score (nSPS) is 23.1. The molecule has 10 nitrogen and oxygen atoms in total. The molecule has 38 heavy (non-hydrogen) atoms. The van der Waals surface area contributed by atoms with E-state index in [-0.39, 0.29) is 23.1 Å². The molecule has 4 aliphatic rings. The predicted molar refractivity (Wildman–Crippen MR) is 132 cm³/mol. The van der Waals surface area contributed by atoms with Gasteiger partial charge in [0.1, 0.15) is 11.8 Å². The quantitative estimate of drug-likeness (QED) is 0.137. The van der Waals surface area contributed by atoms with E-state index in [1.165, 1.54) is 12.1 Å². The fraction of sp³-hybridized carbons (Fsp3) is 0.143. The molecule has 10 heteroatoms. The van der Waals surface area contributed by atoms with E-state index >= 15 is 0 Å². The van der Waals surface area contributed by atoms with Gasteiger partial charge in [-0.3, -0.25) is 29.9 Å². The third-order valence-corrected chi connectivity index (χ3v) is 7.59. The highest BCUT2D eigenvalue weighted by molar-refractivity contribution is 6.11. The topological polar surface area (TPSA) is 154 Å². The van der Waals surface area contributed by atoms with Crippen LogP contribution in [0, 0.1) is 33.3 Å². The molecule has 3 amide bonds. The molecule has 2 unspecified atom stereocenters. The summed E-state index contributed by atoms with van der Waals surface area (Å²) >= 11 is 0. The lowest BCUT2D eigenvalue weighted by molar-refractivity contribution is -0.384. The van der Waals surface area contributed by atoms with Crippen LogP contribution in [-0.2, 0) is 14.4 Å². The number of hydrogen-bond donors (Lipinski definition) is 2. The van der Waals surface area contributed by atoms with Crippen molar-refractivity contribution in [2.75, 3.05) is 0 Å². The lowest BCUT2D eigenvalue weighted by Gasteiger charge is -2.45. The Bertz CT molecular complexity index is 1520. The zero-order chi connectivity index (χ0) is 26.7. The molecule has 0 radical (unpaired) electrons. The van der Waals surface area contributed by atoms with Gasteiger partial charge in [-0.25, -0.2) is 0 Å². The molecule has 3 aliphatic carbocycles. The molecular weight excluding hydrogens is 488 g/mol. The number of nitrogens with zero attached hydrogens (tertiary/aromatic N) is 3. The van der Waals surface area contributed by atoms with Crippen LogP contribution in [0.25, 0.3) is 5.76 Å². The highest BCUT2D eigenvalue weighted by Gasteiger charge is 2.62. The van der Waals surface area contributed by atoms with E-state index in [1.54, 1.807) is 6.07 Å². The smallest absolute Gasteiger partial charge is 0.284 e. The average molecular weight is 506 g/mol. The minimum atomic E-state index is -1.15. The van der Waals surface area contributed by atoms with Crippen molar-refractivity contribution in [3.8, 4) is 6.07 Å². The second-order valence-corrected chi connectivity index (χ2v) is 9.36. The van der Waals surface area contributed by atoms with Crippen LogP contribution in [0.15, 0.2) is 78.4 Å². The van der Waals surface area contributed by atoms with Crippen molar-refractivity contribution in [1.29, 1.82) is 5.26 Å². The van der Waals surface area contributed by atoms with Crippen LogP contribution in [0.4, 0.5) is 5.69 Å². The molecule has 3 aromatic carbocycles. The Morgan fingerprint density at radius 3 is 1.71 bits per heavy atom. The van der Waals surface area contributed by atoms with E-state index in [1.807, 2.05) is 48.5 Å². The zero-order valence-electron chi connectivity index (χ0n) is 19.6. The van der Waals surface area contributed by atoms with Crippen LogP contribution >= 0.6 is 0 Å². The first-order valence-corrected chi connectivity index (χ1v) is 11.8. The highest BCUT2D eigenvalue weighted by atomic mass is 16.6. The number of rotatable bonds is 4. The Morgan fingerprint density at radius 2 is 1.32 bits per heavy atom. The average Bonchev–Trinajstić information content (AvgIpc) is 3.18. The molecule has 0 saturated carbocycles. The Kier molecular flexibility index (Phi) is 5.10. The number of nitro groups is 1. The van der Waals surface area contributed by atoms with E-state index in [2.05, 4.69) is 5.43 Å². The number of hydrazine groups is 1. The molecule has 7 rings (SSSR count). The summed E-state index contributed by atoms with van der Waals surface area (Å²) in [5.41, 5.74) is 5.12. The Hall–Kier alpha value is -5.30. The second-order valence-electron chi connectivity index (χ2n) is 9.36. The molecule has 0 spiro atoms. The predicted octanol–water partition coefficient (Wildman–Crippen LogP) is 3.31. The van der Waals surface area contributed by atoms with Crippen LogP contribution in [-0.4, -0.2) is 32.8 Å². The third-order valence-electron chi connectivity index (χ3n) is 7.59. The number of nitriles is 1. The lowest BCUT2D eigenvalue weighted by Crippen LogP contribution is -2.47. The van der Waals surface area contributed by atoms with E-state index in [0.717, 1.165) is 34.4 Å². The SMILES string of the molecule is N#C/C(C(=O)NN1C(=O)C2C3c4ccccc4C(c4ccccc43)C2C1=O)=C(/O)c1ccc([N+](=O)[O-])cc1. The van der Waals surface area contributed by atoms with Gasteiger partial charge in [-0.1, -0.05) is 48.5 Å². The van der Waals surface area contributed by atoms with Gasteiger partial charge in [-0.05, 0) is 34.4 Å². The molecule has 2 bridgehead atoms. The molecule has 1 fully saturated rings. The number of benzene rings is 3. The first-order valence-electron chi connectivity index (χ1n) is 11.8. The maximum absolute atomic E-state index is 13.6. The van der Waals surface area contributed by atoms with Gasteiger partial charge in [0.15, 0.2) is 5.57 Å². The Labute approximate surface area is 215 Å². The summed E-state index contributed by atoms with van der Waals surface area (Å²) in [6.45, 7) is 0. The lowest BCUT2D eigenvalue weighted by atomic mass is 9.55. The summed E-state index contributed by atoms with van der Waals surface area (Å²) in [6.07, 6.45) is 0. The second kappa shape index (κ2) is 8.38. The van der Waals surface area contributed by atoms with Gasteiger partial charge < -0.3 is 5.11 Å². The van der Waals surface area contributed by atoms with Gasteiger partial charge >= 0.3 is 0 Å². The first kappa shape index (κ1) is 23.1. The standard InChI is InChI=1S/C28H18N4O6/c29-13-20(25(33)14-9-11-15(12-10-14)32(37)38)26(34)30-31-27(35)23-21-16-5-1-2-6-17(16)22(24(23)28(31)36)19-8-4-3-7-18(19)21/h1-12,21-24,33H,(H,30,34)/b25-20-. The minimum absolute atomic E-state index is 0.0148. The maximum atomic E-state index is 13.6. The summed E-state index contributed by atoms with van der Waals surface area (Å²) < 4.78 is 0. The summed E-state index contributed by atoms with van der Waals surface area (Å²) in [4.78, 5) is 50.5. The number of nitrogens with one attached hydrogen (secondary N) is 1. The number of non-ortho nitro benzene ring substituents is 1. The zero-order valence-corrected chi connectivity index (χ0v) is 19.6. The summed E-state index contributed by atoms with van der Waals surface area (Å²) in [5, 5.41) is 31.7. The van der Waals surface area contributed by atoms with Gasteiger partial charge in [0.25, 0.3) is 23.4 Å². The van der Waals surface area contributed by atoms with E-state index in [0.29, 0.717) is 5.01 Å². The van der Waals surface area contributed by atoms with Crippen molar-refractivity contribution in [2.45, 2.75) is 11.8 Å². The molecular formula is C28H18N4O6. The number of hydrogen-bond acceptors (Lipinski definition) is 7. The van der Waals surface area contributed by atoms with E-state index in [9.17, 15) is 34.9 Å². The molecule has 2 N–H and O–H groups in total. The van der Waals surface area contributed by atoms with Crippen LogP contribution in [0.1, 0.15) is 39.7 Å².